The van der Waals surface area contributed by atoms with E-state index >= 15 is 0 Å². The number of alkyl halides is 3. The second-order valence-corrected chi connectivity index (χ2v) is 10.9. The number of hydrogen-bond donors (Lipinski definition) is 1. The minimum absolute atomic E-state index is 0.0328. The minimum Gasteiger partial charge on any atom is -0.378 e. The van der Waals surface area contributed by atoms with E-state index in [0.717, 1.165) is 12.1 Å². The van der Waals surface area contributed by atoms with Crippen LogP contribution in [0, 0.1) is 11.2 Å². The number of rotatable bonds is 4. The van der Waals surface area contributed by atoms with Crippen molar-refractivity contribution in [3.8, 4) is 11.4 Å². The van der Waals surface area contributed by atoms with E-state index in [2.05, 4.69) is 10.3 Å². The van der Waals surface area contributed by atoms with E-state index in [1.807, 2.05) is 32.7 Å². The summed E-state index contributed by atoms with van der Waals surface area (Å²) in [5.74, 6) is -1.80. The summed E-state index contributed by atoms with van der Waals surface area (Å²) in [6.07, 6.45) is -4.04. The van der Waals surface area contributed by atoms with Crippen molar-refractivity contribution in [3.63, 3.8) is 0 Å². The lowest BCUT2D eigenvalue weighted by Gasteiger charge is -2.36. The quantitative estimate of drug-likeness (QED) is 0.602. The molecule has 4 rings (SSSR count). The summed E-state index contributed by atoms with van der Waals surface area (Å²) in [5, 5.41) is 2.83. The second kappa shape index (κ2) is 10.6. The monoisotopic (exact) mass is 539 g/mol. The first-order valence-corrected chi connectivity index (χ1v) is 12.6. The summed E-state index contributed by atoms with van der Waals surface area (Å²) in [4.78, 5) is 35.0. The van der Waals surface area contributed by atoms with Crippen LogP contribution in [0.25, 0.3) is 11.4 Å². The summed E-state index contributed by atoms with van der Waals surface area (Å²) in [7, 11) is 1.86. The van der Waals surface area contributed by atoms with Gasteiger partial charge in [0.1, 0.15) is 17.7 Å². The number of nitrogens with one attached hydrogen (secondary N) is 1. The molecule has 1 fully saturated rings. The summed E-state index contributed by atoms with van der Waals surface area (Å²) in [5.41, 5.74) is -1.56. The van der Waals surface area contributed by atoms with E-state index in [1.165, 1.54) is 0 Å². The highest BCUT2D eigenvalue weighted by Crippen LogP contribution is 2.35. The molecule has 8 nitrogen and oxygen atoms in total. The number of benzene rings is 1. The molecule has 2 aliphatic heterocycles. The molecule has 0 saturated carbocycles. The van der Waals surface area contributed by atoms with Gasteiger partial charge in [-0.2, -0.15) is 13.2 Å². The Morgan fingerprint density at radius 3 is 2.39 bits per heavy atom. The molecule has 1 unspecified atom stereocenters. The molecule has 1 N–H and O–H groups in total. The third-order valence-corrected chi connectivity index (χ3v) is 6.87. The van der Waals surface area contributed by atoms with Crippen LogP contribution in [-0.4, -0.2) is 77.1 Å². The zero-order chi connectivity index (χ0) is 27.8. The lowest BCUT2D eigenvalue weighted by molar-refractivity contribution is -0.140. The Bertz CT molecular complexity index is 1200. The topological polar surface area (TPSA) is 79.7 Å². The van der Waals surface area contributed by atoms with Crippen molar-refractivity contribution in [2.75, 3.05) is 39.9 Å². The largest absolute Gasteiger partial charge is 0.416 e. The van der Waals surface area contributed by atoms with Crippen molar-refractivity contribution in [2.45, 2.75) is 52.5 Å². The number of amides is 2. The Labute approximate surface area is 218 Å². The Morgan fingerprint density at radius 2 is 1.76 bits per heavy atom. The first-order chi connectivity index (χ1) is 17.8. The van der Waals surface area contributed by atoms with Gasteiger partial charge in [0, 0.05) is 26.2 Å². The predicted molar refractivity (Wildman–Crippen MR) is 132 cm³/mol. The van der Waals surface area contributed by atoms with Crippen molar-refractivity contribution in [3.05, 3.63) is 41.0 Å². The predicted octanol–water partition coefficient (Wildman–Crippen LogP) is 3.55. The molecule has 0 radical (unpaired) electrons. The molecule has 1 aromatic carbocycles. The Morgan fingerprint density at radius 1 is 1.08 bits per heavy atom. The van der Waals surface area contributed by atoms with Crippen LogP contribution < -0.4 is 5.32 Å². The van der Waals surface area contributed by atoms with E-state index in [-0.39, 0.29) is 29.5 Å². The van der Waals surface area contributed by atoms with Crippen LogP contribution in [0.5, 0.6) is 0 Å². The molecule has 2 amide bonds. The summed E-state index contributed by atoms with van der Waals surface area (Å²) < 4.78 is 62.1. The van der Waals surface area contributed by atoms with E-state index < -0.39 is 34.9 Å². The van der Waals surface area contributed by atoms with Gasteiger partial charge in [0.25, 0.3) is 5.91 Å². The molecule has 38 heavy (non-hydrogen) atoms. The number of fused-ring (bicyclic) bond motifs is 1. The van der Waals surface area contributed by atoms with Crippen molar-refractivity contribution < 1.29 is 31.9 Å². The van der Waals surface area contributed by atoms with Crippen LogP contribution in [0.4, 0.5) is 17.6 Å². The summed E-state index contributed by atoms with van der Waals surface area (Å²) in [6, 6.07) is 1.28. The molecule has 1 saturated heterocycles. The maximum Gasteiger partial charge on any atom is 0.416 e. The smallest absolute Gasteiger partial charge is 0.378 e. The third-order valence-electron chi connectivity index (χ3n) is 6.87. The maximum atomic E-state index is 14.9. The summed E-state index contributed by atoms with van der Waals surface area (Å²) in [6.45, 7) is 8.44. The lowest BCUT2D eigenvalue weighted by atomic mass is 9.85. The standard InChI is InChI=1S/C26H33F4N5O3/c1-25(2,3)21(24(37)34-10-12-38-13-11-34)32-23(36)20-19-15-33(4)8-5-9-35(19)22(31-20)17-14-16(26(28,29)30)6-7-18(17)27/h6-7,14,21H,5,8-13,15H2,1-4H3,(H,32,36). The molecule has 1 aromatic heterocycles. The molecule has 1 atom stereocenters. The van der Waals surface area contributed by atoms with E-state index in [0.29, 0.717) is 57.6 Å². The Hall–Kier alpha value is -2.99. The van der Waals surface area contributed by atoms with Gasteiger partial charge in [-0.3, -0.25) is 9.59 Å². The normalized spacial score (nSPS) is 18.1. The van der Waals surface area contributed by atoms with Crippen molar-refractivity contribution in [1.29, 1.82) is 0 Å². The lowest BCUT2D eigenvalue weighted by Crippen LogP contribution is -2.56. The number of morpholine rings is 1. The molecule has 0 spiro atoms. The van der Waals surface area contributed by atoms with E-state index in [4.69, 9.17) is 4.74 Å². The van der Waals surface area contributed by atoms with Crippen LogP contribution in [0.15, 0.2) is 18.2 Å². The van der Waals surface area contributed by atoms with Crippen molar-refractivity contribution in [2.24, 2.45) is 5.41 Å². The van der Waals surface area contributed by atoms with Gasteiger partial charge < -0.3 is 24.4 Å². The number of halogens is 4. The third kappa shape index (κ3) is 5.85. The highest BCUT2D eigenvalue weighted by Gasteiger charge is 2.38. The van der Waals surface area contributed by atoms with Gasteiger partial charge in [-0.15, -0.1) is 0 Å². The zero-order valence-corrected chi connectivity index (χ0v) is 22.0. The van der Waals surface area contributed by atoms with Gasteiger partial charge in [-0.1, -0.05) is 20.8 Å². The number of aromatic nitrogens is 2. The fraction of sp³-hybridized carbons (Fsp3) is 0.577. The first kappa shape index (κ1) is 28.0. The highest BCUT2D eigenvalue weighted by atomic mass is 19.4. The van der Waals surface area contributed by atoms with Crippen LogP contribution >= 0.6 is 0 Å². The molecular weight excluding hydrogens is 506 g/mol. The number of carbonyl (C=O) groups is 2. The maximum absolute atomic E-state index is 14.9. The van der Waals surface area contributed by atoms with Crippen LogP contribution in [0.1, 0.15) is 48.9 Å². The van der Waals surface area contributed by atoms with Crippen LogP contribution in [0.3, 0.4) is 0 Å². The fourth-order valence-electron chi connectivity index (χ4n) is 4.80. The Kier molecular flexibility index (Phi) is 7.85. The average Bonchev–Trinajstić information content (AvgIpc) is 3.07. The number of carbonyl (C=O) groups excluding carboxylic acids is 2. The molecule has 2 aromatic rings. The van der Waals surface area contributed by atoms with E-state index in [9.17, 15) is 27.2 Å². The Balaban J connectivity index is 1.76. The van der Waals surface area contributed by atoms with Gasteiger partial charge in [0.05, 0.1) is 30.0 Å². The first-order valence-electron chi connectivity index (χ1n) is 12.6. The number of hydrogen-bond acceptors (Lipinski definition) is 5. The van der Waals surface area contributed by atoms with E-state index in [1.54, 1.807) is 9.47 Å². The fourth-order valence-corrected chi connectivity index (χ4v) is 4.80. The summed E-state index contributed by atoms with van der Waals surface area (Å²) >= 11 is 0. The zero-order valence-electron chi connectivity index (χ0n) is 22.0. The number of nitrogens with zero attached hydrogens (tertiary/aromatic N) is 4. The van der Waals surface area contributed by atoms with Gasteiger partial charge >= 0.3 is 6.18 Å². The van der Waals surface area contributed by atoms with Crippen LogP contribution in [-0.2, 0) is 28.8 Å². The highest BCUT2D eigenvalue weighted by molar-refractivity contribution is 5.98. The minimum atomic E-state index is -4.67. The van der Waals surface area contributed by atoms with Gasteiger partial charge in [0.15, 0.2) is 5.69 Å². The second-order valence-electron chi connectivity index (χ2n) is 10.9. The SMILES string of the molecule is CN1CCCn2c(-c3cc(C(F)(F)F)ccc3F)nc(C(=O)NC(C(=O)N3CCOCC3)C(C)(C)C)c2C1. The molecule has 3 heterocycles. The van der Waals surface area contributed by atoms with Crippen LogP contribution in [0.2, 0.25) is 0 Å². The van der Waals surface area contributed by atoms with Gasteiger partial charge in [0.2, 0.25) is 5.91 Å². The molecule has 0 aliphatic carbocycles. The molecule has 208 valence electrons. The van der Waals surface area contributed by atoms with Gasteiger partial charge in [-0.25, -0.2) is 9.37 Å². The molecule has 0 bridgehead atoms. The van der Waals surface area contributed by atoms with Crippen molar-refractivity contribution >= 4 is 11.8 Å². The molecule has 12 heteroatoms. The van der Waals surface area contributed by atoms with Gasteiger partial charge in [-0.05, 0) is 43.6 Å². The molecule has 2 aliphatic rings. The molecular formula is C26H33F4N5O3. The average molecular weight is 540 g/mol. The number of imidazole rings is 1. The number of ether oxygens (including phenoxy) is 1. The van der Waals surface area contributed by atoms with Crippen molar-refractivity contribution in [1.82, 2.24) is 24.7 Å².